The molecule has 1 aromatic heterocycles. The van der Waals surface area contributed by atoms with E-state index >= 15 is 0 Å². The fourth-order valence-electron chi connectivity index (χ4n) is 2.34. The number of aromatic nitrogens is 1. The summed E-state index contributed by atoms with van der Waals surface area (Å²) in [5, 5.41) is 0. The number of amides is 1. The molecule has 0 radical (unpaired) electrons. The van der Waals surface area contributed by atoms with E-state index in [1.54, 1.807) is 11.1 Å². The molecule has 0 aromatic carbocycles. The molecule has 2 heterocycles. The molecule has 0 spiro atoms. The number of pyridine rings is 1. The third kappa shape index (κ3) is 4.62. The van der Waals surface area contributed by atoms with Crippen molar-refractivity contribution in [3.05, 3.63) is 23.9 Å². The van der Waals surface area contributed by atoms with Crippen LogP contribution in [0.5, 0.6) is 5.88 Å². The highest BCUT2D eigenvalue weighted by molar-refractivity contribution is 5.69. The molecule has 1 aliphatic heterocycles. The van der Waals surface area contributed by atoms with Gasteiger partial charge in [-0.05, 0) is 52.2 Å². The molecule has 5 nitrogen and oxygen atoms in total. The summed E-state index contributed by atoms with van der Waals surface area (Å²) in [6.45, 7) is 8.81. The normalized spacial score (nSPS) is 18.7. The first-order valence-corrected chi connectivity index (χ1v) is 7.40. The van der Waals surface area contributed by atoms with Crippen LogP contribution in [0.3, 0.4) is 0 Å². The van der Waals surface area contributed by atoms with Crippen LogP contribution in [0.15, 0.2) is 18.3 Å². The summed E-state index contributed by atoms with van der Waals surface area (Å²) in [4.78, 5) is 18.1. The topological polar surface area (TPSA) is 51.7 Å². The Hall–Kier alpha value is -1.78. The summed E-state index contributed by atoms with van der Waals surface area (Å²) in [7, 11) is 0. The highest BCUT2D eigenvalue weighted by atomic mass is 16.6. The van der Waals surface area contributed by atoms with E-state index in [4.69, 9.17) is 9.47 Å². The number of rotatable bonds is 3. The summed E-state index contributed by atoms with van der Waals surface area (Å²) in [5.74, 6) is 0.603. The van der Waals surface area contributed by atoms with Crippen molar-refractivity contribution in [2.75, 3.05) is 13.2 Å². The lowest BCUT2D eigenvalue weighted by Crippen LogP contribution is -2.42. The van der Waals surface area contributed by atoms with Crippen LogP contribution in [0.4, 0.5) is 4.79 Å². The minimum atomic E-state index is -0.469. The van der Waals surface area contributed by atoms with Crippen molar-refractivity contribution >= 4 is 6.09 Å². The first kappa shape index (κ1) is 15.6. The second-order valence-corrected chi connectivity index (χ2v) is 6.45. The highest BCUT2D eigenvalue weighted by Crippen LogP contribution is 2.21. The zero-order valence-corrected chi connectivity index (χ0v) is 13.3. The molecule has 0 saturated carbocycles. The zero-order valence-electron chi connectivity index (χ0n) is 13.3. The SMILES string of the molecule is Cc1ccnc(OC[C@H]2CCCN2C(=O)OC(C)(C)C)c1. The lowest BCUT2D eigenvalue weighted by molar-refractivity contribution is 0.0186. The van der Waals surface area contributed by atoms with Crippen molar-refractivity contribution in [2.45, 2.75) is 52.2 Å². The minimum Gasteiger partial charge on any atom is -0.475 e. The number of nitrogens with zero attached hydrogens (tertiary/aromatic N) is 2. The maximum atomic E-state index is 12.2. The highest BCUT2D eigenvalue weighted by Gasteiger charge is 2.32. The fourth-order valence-corrected chi connectivity index (χ4v) is 2.34. The van der Waals surface area contributed by atoms with E-state index in [0.717, 1.165) is 24.9 Å². The molecule has 1 aromatic rings. The Morgan fingerprint density at radius 2 is 2.24 bits per heavy atom. The molecule has 0 aliphatic carbocycles. The third-order valence-corrected chi connectivity index (χ3v) is 3.32. The largest absolute Gasteiger partial charge is 0.475 e. The van der Waals surface area contributed by atoms with Crippen molar-refractivity contribution in [1.29, 1.82) is 0 Å². The van der Waals surface area contributed by atoms with E-state index < -0.39 is 5.60 Å². The Balaban J connectivity index is 1.91. The molecular weight excluding hydrogens is 268 g/mol. The summed E-state index contributed by atoms with van der Waals surface area (Å²) in [6, 6.07) is 3.88. The average molecular weight is 292 g/mol. The quantitative estimate of drug-likeness (QED) is 0.858. The van der Waals surface area contributed by atoms with Gasteiger partial charge in [0, 0.05) is 18.8 Å². The molecule has 0 bridgehead atoms. The Morgan fingerprint density at radius 3 is 2.90 bits per heavy atom. The number of likely N-dealkylation sites (tertiary alicyclic amines) is 1. The number of hydrogen-bond donors (Lipinski definition) is 0. The first-order chi connectivity index (χ1) is 9.85. The molecule has 2 rings (SSSR count). The van der Waals surface area contributed by atoms with Crippen LogP contribution in [0.1, 0.15) is 39.2 Å². The Kier molecular flexibility index (Phi) is 4.70. The maximum absolute atomic E-state index is 12.2. The average Bonchev–Trinajstić information content (AvgIpc) is 2.83. The van der Waals surface area contributed by atoms with Crippen molar-refractivity contribution in [2.24, 2.45) is 0 Å². The molecule has 1 fully saturated rings. The lowest BCUT2D eigenvalue weighted by atomic mass is 10.2. The third-order valence-electron chi connectivity index (χ3n) is 3.32. The minimum absolute atomic E-state index is 0.0576. The molecule has 1 amide bonds. The van der Waals surface area contributed by atoms with Crippen LogP contribution in [-0.2, 0) is 4.74 Å². The van der Waals surface area contributed by atoms with E-state index in [1.807, 2.05) is 39.8 Å². The van der Waals surface area contributed by atoms with Gasteiger partial charge in [-0.2, -0.15) is 0 Å². The monoisotopic (exact) mass is 292 g/mol. The second kappa shape index (κ2) is 6.33. The van der Waals surface area contributed by atoms with Crippen LogP contribution < -0.4 is 4.74 Å². The van der Waals surface area contributed by atoms with E-state index in [2.05, 4.69) is 4.98 Å². The van der Waals surface area contributed by atoms with Crippen molar-refractivity contribution in [1.82, 2.24) is 9.88 Å². The van der Waals surface area contributed by atoms with Crippen LogP contribution in [-0.4, -0.2) is 40.8 Å². The molecule has 1 aliphatic rings. The van der Waals surface area contributed by atoms with Gasteiger partial charge in [-0.3, -0.25) is 0 Å². The number of ether oxygens (including phenoxy) is 2. The van der Waals surface area contributed by atoms with Gasteiger partial charge in [-0.1, -0.05) is 0 Å². The van der Waals surface area contributed by atoms with Gasteiger partial charge >= 0.3 is 6.09 Å². The summed E-state index contributed by atoms with van der Waals surface area (Å²) in [5.41, 5.74) is 0.638. The Morgan fingerprint density at radius 1 is 1.48 bits per heavy atom. The van der Waals surface area contributed by atoms with Gasteiger partial charge in [0.1, 0.15) is 12.2 Å². The Labute approximate surface area is 126 Å². The van der Waals surface area contributed by atoms with Gasteiger partial charge in [-0.25, -0.2) is 9.78 Å². The fraction of sp³-hybridized carbons (Fsp3) is 0.625. The molecule has 116 valence electrons. The van der Waals surface area contributed by atoms with E-state index in [0.29, 0.717) is 12.5 Å². The van der Waals surface area contributed by atoms with Gasteiger partial charge in [0.05, 0.1) is 6.04 Å². The zero-order chi connectivity index (χ0) is 15.5. The molecule has 1 atom stereocenters. The van der Waals surface area contributed by atoms with Crippen LogP contribution in [0.2, 0.25) is 0 Å². The number of carbonyl (C=O) groups excluding carboxylic acids is 1. The first-order valence-electron chi connectivity index (χ1n) is 7.40. The summed E-state index contributed by atoms with van der Waals surface area (Å²) in [6.07, 6.45) is 3.38. The van der Waals surface area contributed by atoms with Crippen LogP contribution in [0, 0.1) is 6.92 Å². The molecule has 1 saturated heterocycles. The predicted octanol–water partition coefficient (Wildman–Crippen LogP) is 3.17. The van der Waals surface area contributed by atoms with Gasteiger partial charge in [0.2, 0.25) is 5.88 Å². The lowest BCUT2D eigenvalue weighted by Gasteiger charge is -2.28. The standard InChI is InChI=1S/C16H24N2O3/c1-12-7-8-17-14(10-12)20-11-13-6-5-9-18(13)15(19)21-16(2,3)4/h7-8,10,13H,5-6,9,11H2,1-4H3/t13-/m1/s1. The van der Waals surface area contributed by atoms with E-state index in [1.165, 1.54) is 0 Å². The van der Waals surface area contributed by atoms with Crippen molar-refractivity contribution in [3.63, 3.8) is 0 Å². The van der Waals surface area contributed by atoms with Crippen LogP contribution in [0.25, 0.3) is 0 Å². The Bertz CT molecular complexity index is 497. The molecule has 0 N–H and O–H groups in total. The van der Waals surface area contributed by atoms with Crippen LogP contribution >= 0.6 is 0 Å². The predicted molar refractivity (Wildman–Crippen MR) is 80.4 cm³/mol. The molecular formula is C16H24N2O3. The number of hydrogen-bond acceptors (Lipinski definition) is 4. The molecule has 21 heavy (non-hydrogen) atoms. The van der Waals surface area contributed by atoms with Crippen molar-refractivity contribution in [3.8, 4) is 5.88 Å². The number of carbonyl (C=O) groups is 1. The van der Waals surface area contributed by atoms with Gasteiger partial charge in [0.25, 0.3) is 0 Å². The molecule has 0 unspecified atom stereocenters. The number of aryl methyl sites for hydroxylation is 1. The van der Waals surface area contributed by atoms with E-state index in [-0.39, 0.29) is 12.1 Å². The second-order valence-electron chi connectivity index (χ2n) is 6.45. The van der Waals surface area contributed by atoms with Gasteiger partial charge in [0.15, 0.2) is 0 Å². The summed E-state index contributed by atoms with van der Waals surface area (Å²) >= 11 is 0. The van der Waals surface area contributed by atoms with Gasteiger partial charge < -0.3 is 14.4 Å². The van der Waals surface area contributed by atoms with Gasteiger partial charge in [-0.15, -0.1) is 0 Å². The molecule has 5 heteroatoms. The van der Waals surface area contributed by atoms with E-state index in [9.17, 15) is 4.79 Å². The smallest absolute Gasteiger partial charge is 0.410 e. The maximum Gasteiger partial charge on any atom is 0.410 e. The van der Waals surface area contributed by atoms with Crippen molar-refractivity contribution < 1.29 is 14.3 Å². The summed E-state index contributed by atoms with van der Waals surface area (Å²) < 4.78 is 11.2.